The Morgan fingerprint density at radius 3 is 2.53 bits per heavy atom. The van der Waals surface area contributed by atoms with Gasteiger partial charge in [0.1, 0.15) is 0 Å². The van der Waals surface area contributed by atoms with E-state index in [1.807, 2.05) is 31.6 Å². The molecule has 4 heterocycles. The number of rotatable bonds is 7. The second-order valence-corrected chi connectivity index (χ2v) is 10.3. The van der Waals surface area contributed by atoms with Crippen LogP contribution in [-0.2, 0) is 11.3 Å². The lowest BCUT2D eigenvalue weighted by Crippen LogP contribution is -2.38. The second kappa shape index (κ2) is 10.6. The highest BCUT2D eigenvalue weighted by atomic mass is 127. The van der Waals surface area contributed by atoms with Gasteiger partial charge in [0.25, 0.3) is 0 Å². The third-order valence-corrected chi connectivity index (χ3v) is 8.13. The van der Waals surface area contributed by atoms with Crippen molar-refractivity contribution in [2.45, 2.75) is 25.5 Å². The summed E-state index contributed by atoms with van der Waals surface area (Å²) in [5.74, 6) is 0.608. The van der Waals surface area contributed by atoms with Crippen LogP contribution in [0.2, 0.25) is 0 Å². The Balaban J connectivity index is 1.42. The van der Waals surface area contributed by atoms with Gasteiger partial charge in [0, 0.05) is 97.3 Å². The second-order valence-electron chi connectivity index (χ2n) is 8.55. The number of fused-ring (bicyclic) bond motifs is 1. The molecule has 4 aromatic rings. The Morgan fingerprint density at radius 2 is 1.82 bits per heavy atom. The van der Waals surface area contributed by atoms with Crippen LogP contribution in [0.25, 0.3) is 33.3 Å². The maximum Gasteiger partial charge on any atom is 0.212 e. The van der Waals surface area contributed by atoms with E-state index < -0.39 is 0 Å². The summed E-state index contributed by atoms with van der Waals surface area (Å²) in [6, 6.07) is 15.0. The van der Waals surface area contributed by atoms with Crippen molar-refractivity contribution in [3.8, 4) is 28.1 Å². The monoisotopic (exact) mass is 586 g/mol. The fourth-order valence-corrected chi connectivity index (χ4v) is 5.85. The van der Waals surface area contributed by atoms with Crippen molar-refractivity contribution < 1.29 is 9.47 Å². The topological polar surface area (TPSA) is 52.4 Å². The molecule has 8 heteroatoms. The number of pyridine rings is 2. The molecule has 34 heavy (non-hydrogen) atoms. The van der Waals surface area contributed by atoms with Crippen LogP contribution in [0.15, 0.2) is 61.1 Å². The van der Waals surface area contributed by atoms with Crippen molar-refractivity contribution in [2.75, 3.05) is 27.3 Å². The van der Waals surface area contributed by atoms with Crippen molar-refractivity contribution in [2.24, 2.45) is 0 Å². The van der Waals surface area contributed by atoms with Crippen molar-refractivity contribution in [1.82, 2.24) is 18.8 Å². The molecular weight excluding hydrogens is 559 g/mol. The maximum atomic E-state index is 5.57. The molecule has 1 atom stereocenters. The summed E-state index contributed by atoms with van der Waals surface area (Å²) < 4.78 is 12.9. The molecule has 0 saturated carbocycles. The molecule has 0 N–H and O–H groups in total. The molecule has 0 amide bonds. The number of piperidine rings is 1. The van der Waals surface area contributed by atoms with Gasteiger partial charge >= 0.3 is 0 Å². The van der Waals surface area contributed by atoms with Crippen LogP contribution in [0.3, 0.4) is 0 Å². The smallest absolute Gasteiger partial charge is 0.212 e. The Bertz CT molecular complexity index is 1260. The fourth-order valence-electron chi connectivity index (χ4n) is 4.59. The molecule has 6 nitrogen and oxygen atoms in total. The first kappa shape index (κ1) is 23.6. The van der Waals surface area contributed by atoms with Gasteiger partial charge in [0.05, 0.1) is 13.2 Å². The number of methoxy groups -OCH3 is 2. The Labute approximate surface area is 216 Å². The predicted octanol–water partition coefficient (Wildman–Crippen LogP) is 6.23. The van der Waals surface area contributed by atoms with Crippen LogP contribution in [-0.4, -0.2) is 52.3 Å². The molecule has 0 aliphatic carbocycles. The normalized spacial score (nSPS) is 16.7. The first-order chi connectivity index (χ1) is 16.7. The molecular formula is C26H27IN4O2S. The molecule has 1 aliphatic rings. The molecule has 0 spiro atoms. The minimum absolute atomic E-state index is 0.355. The third kappa shape index (κ3) is 4.95. The van der Waals surface area contributed by atoms with Gasteiger partial charge in [-0.25, -0.2) is 9.97 Å². The van der Waals surface area contributed by atoms with Gasteiger partial charge in [0.15, 0.2) is 5.65 Å². The van der Waals surface area contributed by atoms with E-state index in [-0.39, 0.29) is 0 Å². The van der Waals surface area contributed by atoms with Gasteiger partial charge in [0.2, 0.25) is 5.88 Å². The summed E-state index contributed by atoms with van der Waals surface area (Å²) in [4.78, 5) is 11.7. The van der Waals surface area contributed by atoms with Crippen LogP contribution in [0.5, 0.6) is 5.88 Å². The zero-order valence-electron chi connectivity index (χ0n) is 19.3. The van der Waals surface area contributed by atoms with E-state index in [0.29, 0.717) is 12.0 Å². The quantitative estimate of drug-likeness (QED) is 0.240. The van der Waals surface area contributed by atoms with E-state index in [0.717, 1.165) is 53.8 Å². The highest BCUT2D eigenvalue weighted by molar-refractivity contribution is 14.2. The number of hydrogen-bond donors (Lipinski definition) is 0. The zero-order chi connectivity index (χ0) is 23.5. The Morgan fingerprint density at radius 1 is 1.03 bits per heavy atom. The Hall–Kier alpha value is -2.14. The summed E-state index contributed by atoms with van der Waals surface area (Å²) in [7, 11) is 5.06. The summed E-state index contributed by atoms with van der Waals surface area (Å²) >= 11 is 2.29. The summed E-state index contributed by atoms with van der Waals surface area (Å²) in [6.45, 7) is 3.10. The number of benzene rings is 1. The van der Waals surface area contributed by atoms with Gasteiger partial charge in [-0.1, -0.05) is 24.3 Å². The molecule has 1 aliphatic heterocycles. The Kier molecular flexibility index (Phi) is 7.38. The van der Waals surface area contributed by atoms with Gasteiger partial charge in [-0.2, -0.15) is 0 Å². The lowest BCUT2D eigenvalue weighted by molar-refractivity contribution is 0.0285. The van der Waals surface area contributed by atoms with Gasteiger partial charge in [-0.15, -0.1) is 0 Å². The molecule has 1 fully saturated rings. The van der Waals surface area contributed by atoms with Gasteiger partial charge in [-0.3, -0.25) is 8.87 Å². The minimum atomic E-state index is 0.355. The molecule has 1 saturated heterocycles. The average Bonchev–Trinajstić information content (AvgIpc) is 3.27. The molecule has 1 aromatic carbocycles. The van der Waals surface area contributed by atoms with Crippen LogP contribution in [0.4, 0.5) is 0 Å². The number of aromatic nitrogens is 3. The predicted molar refractivity (Wildman–Crippen MR) is 147 cm³/mol. The molecule has 0 radical (unpaired) electrons. The third-order valence-electron chi connectivity index (χ3n) is 6.43. The minimum Gasteiger partial charge on any atom is -0.481 e. The van der Waals surface area contributed by atoms with Gasteiger partial charge in [-0.05, 0) is 42.6 Å². The van der Waals surface area contributed by atoms with Gasteiger partial charge < -0.3 is 9.47 Å². The number of hydrogen-bond acceptors (Lipinski definition) is 6. The highest BCUT2D eigenvalue weighted by Crippen LogP contribution is 2.36. The highest BCUT2D eigenvalue weighted by Gasteiger charge is 2.19. The van der Waals surface area contributed by atoms with E-state index in [2.05, 4.69) is 71.6 Å². The average molecular weight is 586 g/mol. The molecule has 5 rings (SSSR count). The fraction of sp³-hybridized carbons (Fsp3) is 0.308. The molecule has 3 aromatic heterocycles. The first-order valence-corrected chi connectivity index (χ1v) is 14.6. The maximum absolute atomic E-state index is 5.57. The van der Waals surface area contributed by atoms with Crippen LogP contribution < -0.4 is 4.74 Å². The number of nitrogens with zero attached hydrogens (tertiary/aromatic N) is 4. The van der Waals surface area contributed by atoms with E-state index in [4.69, 9.17) is 14.5 Å². The van der Waals surface area contributed by atoms with E-state index in [9.17, 15) is 0 Å². The first-order valence-electron chi connectivity index (χ1n) is 11.3. The van der Waals surface area contributed by atoms with Crippen LogP contribution in [0, 0.1) is 0 Å². The summed E-state index contributed by atoms with van der Waals surface area (Å²) in [5.41, 5.74) is 6.70. The van der Waals surface area contributed by atoms with Crippen LogP contribution in [0.1, 0.15) is 18.4 Å². The SMILES string of the molecule is COc1ccc(-c2cn(SI)c3ncc(-c4ccc(CN5CCCC(OC)C5)cc4)cc23)cn1. The lowest BCUT2D eigenvalue weighted by Gasteiger charge is -2.31. The van der Waals surface area contributed by atoms with Crippen molar-refractivity contribution in [3.63, 3.8) is 0 Å². The van der Waals surface area contributed by atoms with Crippen molar-refractivity contribution >= 4 is 41.4 Å². The van der Waals surface area contributed by atoms with Crippen molar-refractivity contribution in [1.29, 1.82) is 0 Å². The summed E-state index contributed by atoms with van der Waals surface area (Å²) in [5, 5.41) is 1.11. The number of likely N-dealkylation sites (tertiary alicyclic amines) is 1. The van der Waals surface area contributed by atoms with E-state index in [1.165, 1.54) is 17.5 Å². The van der Waals surface area contributed by atoms with Crippen molar-refractivity contribution in [3.05, 3.63) is 66.6 Å². The van der Waals surface area contributed by atoms with Crippen LogP contribution >= 0.6 is 30.3 Å². The number of halogens is 1. The zero-order valence-corrected chi connectivity index (χ0v) is 22.3. The van der Waals surface area contributed by atoms with E-state index in [1.54, 1.807) is 16.2 Å². The molecule has 1 unspecified atom stereocenters. The molecule has 0 bridgehead atoms. The van der Waals surface area contributed by atoms with E-state index >= 15 is 0 Å². The summed E-state index contributed by atoms with van der Waals surface area (Å²) in [6.07, 6.45) is 8.65. The number of ether oxygens (including phenoxy) is 2. The lowest BCUT2D eigenvalue weighted by atomic mass is 10.0. The standard InChI is InChI=1S/C26H27IN4O2S/c1-32-22-4-3-11-30(16-22)15-18-5-7-19(8-6-18)21-12-23-24(17-31(34-27)26(23)29-14-21)20-9-10-25(33-2)28-13-20/h5-10,12-14,17,22H,3-4,11,15-16H2,1-2H3. The molecule has 176 valence electrons. The largest absolute Gasteiger partial charge is 0.481 e.